The molecule has 112 valence electrons. The molecule has 3 saturated heterocycles. The highest BCUT2D eigenvalue weighted by Crippen LogP contribution is 2.41. The van der Waals surface area contributed by atoms with Crippen LogP contribution in [-0.4, -0.2) is 34.7 Å². The van der Waals surface area contributed by atoms with Crippen molar-refractivity contribution >= 4 is 16.8 Å². The minimum atomic E-state index is 0.178. The lowest BCUT2D eigenvalue weighted by atomic mass is 9.72. The molecule has 3 aliphatic rings. The molecule has 5 rings (SSSR count). The van der Waals surface area contributed by atoms with Gasteiger partial charge in [-0.25, -0.2) is 0 Å². The van der Waals surface area contributed by atoms with E-state index >= 15 is 0 Å². The molecule has 0 saturated carbocycles. The standard InChI is InChI=1S/C17H23N3O/c1-11-4-5-13-14(10-11)21-19-16(13)18-15-12-6-8-20(9-7-12)17(15,2)3/h4-5,10,12,15H,6-9H2,1-3H3,(H,18,19)/t15-/m1/s1. The largest absolute Gasteiger partial charge is 0.362 e. The van der Waals surface area contributed by atoms with Gasteiger partial charge in [0.25, 0.3) is 0 Å². The van der Waals surface area contributed by atoms with Crippen molar-refractivity contribution in [2.75, 3.05) is 18.4 Å². The molecular weight excluding hydrogens is 262 g/mol. The number of nitrogens with zero attached hydrogens (tertiary/aromatic N) is 2. The van der Waals surface area contributed by atoms with Gasteiger partial charge in [0.2, 0.25) is 0 Å². The van der Waals surface area contributed by atoms with E-state index in [2.05, 4.69) is 54.3 Å². The number of fused-ring (bicyclic) bond motifs is 4. The zero-order valence-electron chi connectivity index (χ0n) is 13.0. The molecule has 2 aromatic rings. The molecule has 0 aliphatic carbocycles. The molecule has 4 heterocycles. The summed E-state index contributed by atoms with van der Waals surface area (Å²) in [6.07, 6.45) is 2.58. The SMILES string of the molecule is Cc1ccc2c(N[C@@H]3C4CCN(CC4)C3(C)C)noc2c1. The lowest BCUT2D eigenvalue weighted by Gasteiger charge is -2.56. The van der Waals surface area contributed by atoms with E-state index < -0.39 is 0 Å². The van der Waals surface area contributed by atoms with E-state index in [1.807, 2.05) is 0 Å². The van der Waals surface area contributed by atoms with Gasteiger partial charge in [-0.15, -0.1) is 0 Å². The normalized spacial score (nSPS) is 30.7. The molecule has 0 amide bonds. The topological polar surface area (TPSA) is 41.3 Å². The number of hydrogen-bond donors (Lipinski definition) is 1. The van der Waals surface area contributed by atoms with Crippen LogP contribution in [0.3, 0.4) is 0 Å². The fourth-order valence-corrected chi connectivity index (χ4v) is 4.17. The van der Waals surface area contributed by atoms with Gasteiger partial charge in [0.05, 0.1) is 5.39 Å². The predicted molar refractivity (Wildman–Crippen MR) is 84.5 cm³/mol. The first-order valence-electron chi connectivity index (χ1n) is 7.93. The molecule has 1 N–H and O–H groups in total. The van der Waals surface area contributed by atoms with Crippen LogP contribution < -0.4 is 5.32 Å². The molecule has 0 unspecified atom stereocenters. The maximum absolute atomic E-state index is 5.49. The maximum Gasteiger partial charge on any atom is 0.177 e. The van der Waals surface area contributed by atoms with Crippen LogP contribution in [0.5, 0.6) is 0 Å². The van der Waals surface area contributed by atoms with Crippen LogP contribution in [0.2, 0.25) is 0 Å². The van der Waals surface area contributed by atoms with Crippen molar-refractivity contribution in [1.29, 1.82) is 0 Å². The second-order valence-corrected chi connectivity index (χ2v) is 7.13. The number of rotatable bonds is 2. The summed E-state index contributed by atoms with van der Waals surface area (Å²) < 4.78 is 5.49. The summed E-state index contributed by atoms with van der Waals surface area (Å²) in [7, 11) is 0. The zero-order valence-corrected chi connectivity index (χ0v) is 13.0. The molecule has 1 aromatic carbocycles. The van der Waals surface area contributed by atoms with Crippen molar-refractivity contribution in [3.8, 4) is 0 Å². The Kier molecular flexibility index (Phi) is 2.80. The third kappa shape index (κ3) is 1.96. The summed E-state index contributed by atoms with van der Waals surface area (Å²) in [6.45, 7) is 9.24. The number of aryl methyl sites for hydroxylation is 1. The molecule has 2 bridgehead atoms. The number of anilines is 1. The summed E-state index contributed by atoms with van der Waals surface area (Å²) in [5.41, 5.74) is 2.25. The second kappa shape index (κ2) is 4.47. The Bertz CT molecular complexity index is 668. The average molecular weight is 285 g/mol. The highest BCUT2D eigenvalue weighted by atomic mass is 16.5. The molecule has 3 aliphatic heterocycles. The Morgan fingerprint density at radius 3 is 2.76 bits per heavy atom. The zero-order chi connectivity index (χ0) is 14.6. The van der Waals surface area contributed by atoms with Crippen LogP contribution in [-0.2, 0) is 0 Å². The lowest BCUT2D eigenvalue weighted by Crippen LogP contribution is -2.66. The van der Waals surface area contributed by atoms with E-state index in [-0.39, 0.29) is 5.54 Å². The number of aromatic nitrogens is 1. The van der Waals surface area contributed by atoms with Crippen LogP contribution in [0.4, 0.5) is 5.82 Å². The van der Waals surface area contributed by atoms with Gasteiger partial charge >= 0.3 is 0 Å². The Balaban J connectivity index is 1.68. The minimum absolute atomic E-state index is 0.178. The van der Waals surface area contributed by atoms with Gasteiger partial charge in [-0.1, -0.05) is 11.2 Å². The van der Waals surface area contributed by atoms with Gasteiger partial charge in [0.1, 0.15) is 0 Å². The minimum Gasteiger partial charge on any atom is -0.362 e. The third-order valence-corrected chi connectivity index (χ3v) is 5.51. The number of piperidine rings is 3. The van der Waals surface area contributed by atoms with Crippen LogP contribution >= 0.6 is 0 Å². The number of hydrogen-bond acceptors (Lipinski definition) is 4. The summed E-state index contributed by atoms with van der Waals surface area (Å²) in [5, 5.41) is 9.06. The fraction of sp³-hybridized carbons (Fsp3) is 0.588. The van der Waals surface area contributed by atoms with Gasteiger partial charge in [0, 0.05) is 11.6 Å². The van der Waals surface area contributed by atoms with E-state index in [9.17, 15) is 0 Å². The van der Waals surface area contributed by atoms with Gasteiger partial charge in [0.15, 0.2) is 11.4 Å². The monoisotopic (exact) mass is 285 g/mol. The van der Waals surface area contributed by atoms with E-state index in [1.54, 1.807) is 0 Å². The van der Waals surface area contributed by atoms with Crippen LogP contribution in [0.25, 0.3) is 11.0 Å². The van der Waals surface area contributed by atoms with E-state index in [0.29, 0.717) is 6.04 Å². The number of benzene rings is 1. The van der Waals surface area contributed by atoms with Crippen LogP contribution in [0.1, 0.15) is 32.3 Å². The van der Waals surface area contributed by atoms with Crippen molar-refractivity contribution in [3.63, 3.8) is 0 Å². The highest BCUT2D eigenvalue weighted by molar-refractivity contribution is 5.88. The summed E-state index contributed by atoms with van der Waals surface area (Å²) in [4.78, 5) is 2.61. The van der Waals surface area contributed by atoms with Crippen molar-refractivity contribution < 1.29 is 4.52 Å². The van der Waals surface area contributed by atoms with E-state index in [1.165, 1.54) is 31.5 Å². The summed E-state index contributed by atoms with van der Waals surface area (Å²) in [5.74, 6) is 1.64. The van der Waals surface area contributed by atoms with Crippen molar-refractivity contribution in [2.45, 2.75) is 45.2 Å². The summed E-state index contributed by atoms with van der Waals surface area (Å²) in [6, 6.07) is 6.72. The Hall–Kier alpha value is -1.55. The predicted octanol–water partition coefficient (Wildman–Crippen LogP) is 3.42. The Labute approximate surface area is 125 Å². The first-order chi connectivity index (χ1) is 10.1. The molecule has 4 heteroatoms. The van der Waals surface area contributed by atoms with Gasteiger partial charge in [-0.3, -0.25) is 4.90 Å². The van der Waals surface area contributed by atoms with Gasteiger partial charge in [-0.05, 0) is 70.3 Å². The van der Waals surface area contributed by atoms with Gasteiger partial charge in [-0.2, -0.15) is 0 Å². The first-order valence-corrected chi connectivity index (χ1v) is 7.93. The summed E-state index contributed by atoms with van der Waals surface area (Å²) >= 11 is 0. The van der Waals surface area contributed by atoms with E-state index in [0.717, 1.165) is 22.7 Å². The van der Waals surface area contributed by atoms with Crippen molar-refractivity contribution in [1.82, 2.24) is 10.1 Å². The molecule has 21 heavy (non-hydrogen) atoms. The molecular formula is C17H23N3O. The molecule has 1 aromatic heterocycles. The van der Waals surface area contributed by atoms with Crippen LogP contribution in [0, 0.1) is 12.8 Å². The molecule has 0 spiro atoms. The van der Waals surface area contributed by atoms with Gasteiger partial charge < -0.3 is 9.84 Å². The third-order valence-electron chi connectivity index (χ3n) is 5.51. The quantitative estimate of drug-likeness (QED) is 0.918. The molecule has 1 atom stereocenters. The fourth-order valence-electron chi connectivity index (χ4n) is 4.17. The maximum atomic E-state index is 5.49. The highest BCUT2D eigenvalue weighted by Gasteiger charge is 2.47. The second-order valence-electron chi connectivity index (χ2n) is 7.13. The van der Waals surface area contributed by atoms with E-state index in [4.69, 9.17) is 4.52 Å². The molecule has 3 fully saturated rings. The van der Waals surface area contributed by atoms with Crippen molar-refractivity contribution in [3.05, 3.63) is 23.8 Å². The molecule has 0 radical (unpaired) electrons. The first kappa shape index (κ1) is 13.1. The number of nitrogens with one attached hydrogen (secondary N) is 1. The van der Waals surface area contributed by atoms with Crippen molar-refractivity contribution in [2.24, 2.45) is 5.92 Å². The Morgan fingerprint density at radius 2 is 2.05 bits per heavy atom. The average Bonchev–Trinajstić information content (AvgIpc) is 2.85. The smallest absolute Gasteiger partial charge is 0.177 e. The van der Waals surface area contributed by atoms with Crippen LogP contribution in [0.15, 0.2) is 22.7 Å². The molecule has 4 nitrogen and oxygen atoms in total. The Morgan fingerprint density at radius 1 is 1.29 bits per heavy atom. The lowest BCUT2D eigenvalue weighted by molar-refractivity contribution is -0.0189.